The average molecular weight is 289 g/mol. The molecule has 4 nitrogen and oxygen atoms in total. The Morgan fingerprint density at radius 2 is 2.05 bits per heavy atom. The van der Waals surface area contributed by atoms with Crippen LogP contribution in [-0.4, -0.2) is 35.4 Å². The minimum Gasteiger partial charge on any atom is -0.370 e. The van der Waals surface area contributed by atoms with Gasteiger partial charge in [0.25, 0.3) is 5.91 Å². The van der Waals surface area contributed by atoms with E-state index in [-0.39, 0.29) is 5.91 Å². The lowest BCUT2D eigenvalue weighted by atomic mass is 9.92. The Labute approximate surface area is 127 Å². The number of pyridine rings is 1. The SMILES string of the molecule is CCCC1CCN(C(=O)c2cc(C)nc(NCC)c2)CC1. The van der Waals surface area contributed by atoms with E-state index in [4.69, 9.17) is 0 Å². The van der Waals surface area contributed by atoms with Gasteiger partial charge >= 0.3 is 0 Å². The first-order valence-electron chi connectivity index (χ1n) is 8.15. The number of hydrogen-bond acceptors (Lipinski definition) is 3. The maximum Gasteiger partial charge on any atom is 0.254 e. The summed E-state index contributed by atoms with van der Waals surface area (Å²) in [6, 6.07) is 3.76. The molecule has 2 heterocycles. The fraction of sp³-hybridized carbons (Fsp3) is 0.647. The monoisotopic (exact) mass is 289 g/mol. The highest BCUT2D eigenvalue weighted by Crippen LogP contribution is 2.23. The Bertz CT molecular complexity index is 479. The van der Waals surface area contributed by atoms with Crippen LogP contribution in [0.25, 0.3) is 0 Å². The third-order valence-electron chi connectivity index (χ3n) is 4.16. The Morgan fingerprint density at radius 3 is 2.67 bits per heavy atom. The summed E-state index contributed by atoms with van der Waals surface area (Å²) in [6.07, 6.45) is 4.82. The Balaban J connectivity index is 2.03. The number of carbonyl (C=O) groups is 1. The fourth-order valence-electron chi connectivity index (χ4n) is 3.08. The van der Waals surface area contributed by atoms with Crippen molar-refractivity contribution < 1.29 is 4.79 Å². The summed E-state index contributed by atoms with van der Waals surface area (Å²) in [5.74, 6) is 1.74. The number of aromatic nitrogens is 1. The summed E-state index contributed by atoms with van der Waals surface area (Å²) in [4.78, 5) is 19.0. The second-order valence-corrected chi connectivity index (χ2v) is 5.94. The normalized spacial score (nSPS) is 16.0. The summed E-state index contributed by atoms with van der Waals surface area (Å²) < 4.78 is 0. The van der Waals surface area contributed by atoms with Gasteiger partial charge in [-0.1, -0.05) is 19.8 Å². The predicted molar refractivity (Wildman–Crippen MR) is 86.7 cm³/mol. The van der Waals surface area contributed by atoms with Gasteiger partial charge in [-0.05, 0) is 44.7 Å². The average Bonchev–Trinajstić information content (AvgIpc) is 2.47. The second kappa shape index (κ2) is 7.43. The van der Waals surface area contributed by atoms with E-state index in [0.29, 0.717) is 0 Å². The van der Waals surface area contributed by atoms with Gasteiger partial charge < -0.3 is 10.2 Å². The molecule has 0 aromatic carbocycles. The molecule has 0 bridgehead atoms. The maximum atomic E-state index is 12.6. The number of hydrogen-bond donors (Lipinski definition) is 1. The molecule has 1 aliphatic heterocycles. The van der Waals surface area contributed by atoms with Crippen LogP contribution in [0, 0.1) is 12.8 Å². The highest BCUT2D eigenvalue weighted by atomic mass is 16.2. The van der Waals surface area contributed by atoms with Crippen LogP contribution in [0.15, 0.2) is 12.1 Å². The van der Waals surface area contributed by atoms with Crippen LogP contribution in [0.4, 0.5) is 5.82 Å². The molecule has 1 N–H and O–H groups in total. The van der Waals surface area contributed by atoms with Crippen LogP contribution in [0.1, 0.15) is 55.6 Å². The number of nitrogens with one attached hydrogen (secondary N) is 1. The van der Waals surface area contributed by atoms with Gasteiger partial charge in [0.05, 0.1) is 0 Å². The molecule has 1 aromatic rings. The molecule has 4 heteroatoms. The summed E-state index contributed by atoms with van der Waals surface area (Å²) in [6.45, 7) is 8.80. The van der Waals surface area contributed by atoms with Crippen molar-refractivity contribution >= 4 is 11.7 Å². The lowest BCUT2D eigenvalue weighted by molar-refractivity contribution is 0.0686. The largest absolute Gasteiger partial charge is 0.370 e. The van der Waals surface area contributed by atoms with Crippen LogP contribution >= 0.6 is 0 Å². The third kappa shape index (κ3) is 4.19. The molecule has 21 heavy (non-hydrogen) atoms. The first-order valence-corrected chi connectivity index (χ1v) is 8.15. The van der Waals surface area contributed by atoms with E-state index in [1.54, 1.807) is 0 Å². The fourth-order valence-corrected chi connectivity index (χ4v) is 3.08. The van der Waals surface area contributed by atoms with E-state index >= 15 is 0 Å². The molecule has 1 aliphatic rings. The summed E-state index contributed by atoms with van der Waals surface area (Å²) in [5.41, 5.74) is 1.64. The van der Waals surface area contributed by atoms with Gasteiger partial charge in [0.15, 0.2) is 0 Å². The lowest BCUT2D eigenvalue weighted by Crippen LogP contribution is -2.38. The van der Waals surface area contributed by atoms with Gasteiger partial charge in [0.2, 0.25) is 0 Å². The van der Waals surface area contributed by atoms with Crippen LogP contribution in [0.2, 0.25) is 0 Å². The van der Waals surface area contributed by atoms with Gasteiger partial charge in [-0.3, -0.25) is 4.79 Å². The van der Waals surface area contributed by atoms with Crippen molar-refractivity contribution in [1.29, 1.82) is 0 Å². The highest BCUT2D eigenvalue weighted by Gasteiger charge is 2.23. The zero-order valence-corrected chi connectivity index (χ0v) is 13.5. The van der Waals surface area contributed by atoms with E-state index in [9.17, 15) is 4.79 Å². The van der Waals surface area contributed by atoms with Gasteiger partial charge in [-0.2, -0.15) is 0 Å². The smallest absolute Gasteiger partial charge is 0.254 e. The van der Waals surface area contributed by atoms with E-state index in [1.165, 1.54) is 12.8 Å². The van der Waals surface area contributed by atoms with Crippen LogP contribution in [0.5, 0.6) is 0 Å². The van der Waals surface area contributed by atoms with Gasteiger partial charge in [-0.15, -0.1) is 0 Å². The molecule has 0 atom stereocenters. The minimum absolute atomic E-state index is 0.148. The second-order valence-electron chi connectivity index (χ2n) is 5.94. The highest BCUT2D eigenvalue weighted by molar-refractivity contribution is 5.95. The zero-order valence-electron chi connectivity index (χ0n) is 13.5. The number of amides is 1. The van der Waals surface area contributed by atoms with Crippen molar-refractivity contribution in [3.8, 4) is 0 Å². The van der Waals surface area contributed by atoms with E-state index < -0.39 is 0 Å². The topological polar surface area (TPSA) is 45.2 Å². The number of aryl methyl sites for hydroxylation is 1. The quantitative estimate of drug-likeness (QED) is 0.902. The van der Waals surface area contributed by atoms with Gasteiger partial charge in [0, 0.05) is 30.9 Å². The molecule has 1 fully saturated rings. The molecule has 116 valence electrons. The molecule has 0 unspecified atom stereocenters. The lowest BCUT2D eigenvalue weighted by Gasteiger charge is -2.32. The van der Waals surface area contributed by atoms with Gasteiger partial charge in [0.1, 0.15) is 5.82 Å². The molecule has 0 spiro atoms. The van der Waals surface area contributed by atoms with Crippen LogP contribution < -0.4 is 5.32 Å². The summed E-state index contributed by atoms with van der Waals surface area (Å²) >= 11 is 0. The van der Waals surface area contributed by atoms with Crippen LogP contribution in [0.3, 0.4) is 0 Å². The van der Waals surface area contributed by atoms with Gasteiger partial charge in [-0.25, -0.2) is 4.98 Å². The van der Waals surface area contributed by atoms with E-state index in [2.05, 4.69) is 17.2 Å². The maximum absolute atomic E-state index is 12.6. The zero-order chi connectivity index (χ0) is 15.2. The summed E-state index contributed by atoms with van der Waals surface area (Å²) in [5, 5.41) is 3.19. The van der Waals surface area contributed by atoms with Crippen molar-refractivity contribution in [3.05, 3.63) is 23.4 Å². The number of nitrogens with zero attached hydrogens (tertiary/aromatic N) is 2. The summed E-state index contributed by atoms with van der Waals surface area (Å²) in [7, 11) is 0. The van der Waals surface area contributed by atoms with E-state index in [1.807, 2.05) is 30.9 Å². The van der Waals surface area contributed by atoms with Crippen LogP contribution in [-0.2, 0) is 0 Å². The first-order chi connectivity index (χ1) is 10.1. The Hall–Kier alpha value is -1.58. The molecule has 0 saturated carbocycles. The first kappa shape index (κ1) is 15.8. The molecule has 1 saturated heterocycles. The standard InChI is InChI=1S/C17H27N3O/c1-4-6-14-7-9-20(10-8-14)17(21)15-11-13(3)19-16(12-15)18-5-2/h11-12,14H,4-10H2,1-3H3,(H,18,19). The molecular formula is C17H27N3O. The van der Waals surface area contributed by atoms with E-state index in [0.717, 1.165) is 55.5 Å². The molecule has 2 rings (SSSR count). The number of likely N-dealkylation sites (tertiary alicyclic amines) is 1. The number of carbonyl (C=O) groups excluding carboxylic acids is 1. The van der Waals surface area contributed by atoms with Crippen molar-refractivity contribution in [2.45, 2.75) is 46.5 Å². The third-order valence-corrected chi connectivity index (χ3v) is 4.16. The molecule has 1 aromatic heterocycles. The predicted octanol–water partition coefficient (Wildman–Crippen LogP) is 3.47. The molecule has 0 aliphatic carbocycles. The molecular weight excluding hydrogens is 262 g/mol. The minimum atomic E-state index is 0.148. The van der Waals surface area contributed by atoms with Crippen molar-refractivity contribution in [3.63, 3.8) is 0 Å². The van der Waals surface area contributed by atoms with Crippen molar-refractivity contribution in [2.24, 2.45) is 5.92 Å². The number of anilines is 1. The Morgan fingerprint density at radius 1 is 1.33 bits per heavy atom. The van der Waals surface area contributed by atoms with Crippen molar-refractivity contribution in [1.82, 2.24) is 9.88 Å². The Kier molecular flexibility index (Phi) is 5.59. The number of rotatable bonds is 5. The van der Waals surface area contributed by atoms with Crippen molar-refractivity contribution in [2.75, 3.05) is 25.0 Å². The molecule has 1 amide bonds. The number of piperidine rings is 1. The molecule has 0 radical (unpaired) electrons.